The molecule has 1 atom stereocenters. The predicted molar refractivity (Wildman–Crippen MR) is 106 cm³/mol. The van der Waals surface area contributed by atoms with Gasteiger partial charge in [-0.1, -0.05) is 30.7 Å². The Bertz CT molecular complexity index is 958. The van der Waals surface area contributed by atoms with Gasteiger partial charge in [0.15, 0.2) is 0 Å². The Hall–Kier alpha value is -2.79. The zero-order valence-corrected chi connectivity index (χ0v) is 16.0. The molecule has 0 radical (unpaired) electrons. The normalized spacial score (nSPS) is 12.0. The molecular formula is C21H21ClN2O3. The van der Waals surface area contributed by atoms with Crippen molar-refractivity contribution in [3.8, 4) is 11.5 Å². The number of hydrogen-bond donors (Lipinski definition) is 2. The Balaban J connectivity index is 2.13. The van der Waals surface area contributed by atoms with Crippen LogP contribution in [0.3, 0.4) is 0 Å². The van der Waals surface area contributed by atoms with Gasteiger partial charge in [0.25, 0.3) is 0 Å². The first kappa shape index (κ1) is 19.0. The number of rotatable bonds is 6. The predicted octanol–water partition coefficient (Wildman–Crippen LogP) is 4.61. The summed E-state index contributed by atoms with van der Waals surface area (Å²) < 4.78 is 5.21. The number of amides is 1. The summed E-state index contributed by atoms with van der Waals surface area (Å²) in [5.74, 6) is 0.613. The third kappa shape index (κ3) is 3.98. The number of aromatic nitrogens is 1. The van der Waals surface area contributed by atoms with Crippen molar-refractivity contribution in [2.24, 2.45) is 0 Å². The largest absolute Gasteiger partial charge is 0.505 e. The van der Waals surface area contributed by atoms with E-state index in [9.17, 15) is 9.90 Å². The molecule has 2 aromatic carbocycles. The third-order valence-corrected chi connectivity index (χ3v) is 4.70. The fraction of sp³-hybridized carbons (Fsp3) is 0.238. The van der Waals surface area contributed by atoms with Crippen molar-refractivity contribution in [2.45, 2.75) is 25.8 Å². The number of methoxy groups -OCH3 is 1. The van der Waals surface area contributed by atoms with Gasteiger partial charge in [0.1, 0.15) is 17.0 Å². The van der Waals surface area contributed by atoms with Gasteiger partial charge >= 0.3 is 0 Å². The molecule has 0 bridgehead atoms. The van der Waals surface area contributed by atoms with E-state index in [1.807, 2.05) is 31.2 Å². The highest BCUT2D eigenvalue weighted by molar-refractivity contribution is 6.35. The first-order chi connectivity index (χ1) is 13.0. The highest BCUT2D eigenvalue weighted by Crippen LogP contribution is 2.38. The van der Waals surface area contributed by atoms with E-state index >= 15 is 0 Å². The van der Waals surface area contributed by atoms with Crippen LogP contribution in [0.15, 0.2) is 48.7 Å². The van der Waals surface area contributed by atoms with Crippen LogP contribution in [0.5, 0.6) is 11.5 Å². The molecule has 1 unspecified atom stereocenters. The van der Waals surface area contributed by atoms with Gasteiger partial charge in [-0.3, -0.25) is 9.78 Å². The summed E-state index contributed by atoms with van der Waals surface area (Å²) in [6, 6.07) is 12.0. The summed E-state index contributed by atoms with van der Waals surface area (Å²) in [7, 11) is 1.59. The zero-order chi connectivity index (χ0) is 19.4. The molecule has 0 aliphatic heterocycles. The summed E-state index contributed by atoms with van der Waals surface area (Å²) in [4.78, 5) is 16.6. The number of nitrogens with one attached hydrogen (secondary N) is 1. The van der Waals surface area contributed by atoms with Gasteiger partial charge in [0, 0.05) is 23.6 Å². The van der Waals surface area contributed by atoms with Crippen LogP contribution in [0, 0.1) is 0 Å². The van der Waals surface area contributed by atoms with Crippen molar-refractivity contribution in [2.75, 3.05) is 7.11 Å². The standard InChI is InChI=1S/C21H21ClN2O3/c1-3-5-18(25)24-19(13-7-9-14(27-2)10-8-13)16-12-17(22)15-6-4-11-23-20(15)21(16)26/h4,6-12,19,26H,3,5H2,1-2H3,(H,24,25). The third-order valence-electron chi connectivity index (χ3n) is 4.39. The first-order valence-corrected chi connectivity index (χ1v) is 9.12. The second-order valence-electron chi connectivity index (χ2n) is 6.22. The van der Waals surface area contributed by atoms with Crippen LogP contribution < -0.4 is 10.1 Å². The van der Waals surface area contributed by atoms with E-state index in [0.717, 1.165) is 12.0 Å². The van der Waals surface area contributed by atoms with Crippen molar-refractivity contribution in [1.82, 2.24) is 10.3 Å². The lowest BCUT2D eigenvalue weighted by Crippen LogP contribution is -2.29. The lowest BCUT2D eigenvalue weighted by molar-refractivity contribution is -0.121. The molecule has 1 amide bonds. The number of halogens is 1. The van der Waals surface area contributed by atoms with Crippen LogP contribution in [-0.4, -0.2) is 23.1 Å². The second kappa shape index (κ2) is 8.27. The molecule has 140 valence electrons. The smallest absolute Gasteiger partial charge is 0.220 e. The van der Waals surface area contributed by atoms with Crippen LogP contribution in [0.1, 0.15) is 36.9 Å². The molecule has 0 saturated heterocycles. The van der Waals surface area contributed by atoms with Crippen LogP contribution in [0.4, 0.5) is 0 Å². The molecule has 0 spiro atoms. The fourth-order valence-corrected chi connectivity index (χ4v) is 3.29. The van der Waals surface area contributed by atoms with E-state index in [2.05, 4.69) is 10.3 Å². The van der Waals surface area contributed by atoms with E-state index < -0.39 is 6.04 Å². The average molecular weight is 385 g/mol. The van der Waals surface area contributed by atoms with Crippen LogP contribution >= 0.6 is 11.6 Å². The minimum atomic E-state index is -0.557. The van der Waals surface area contributed by atoms with E-state index in [1.54, 1.807) is 31.5 Å². The molecule has 27 heavy (non-hydrogen) atoms. The Morgan fingerprint density at radius 2 is 2.04 bits per heavy atom. The number of phenolic OH excluding ortho intramolecular Hbond substituents is 1. The number of aromatic hydroxyl groups is 1. The second-order valence-corrected chi connectivity index (χ2v) is 6.63. The minimum absolute atomic E-state index is 0.00705. The molecule has 0 aliphatic carbocycles. The summed E-state index contributed by atoms with van der Waals surface area (Å²) in [5.41, 5.74) is 1.71. The van der Waals surface area contributed by atoms with Gasteiger partial charge in [0.2, 0.25) is 5.91 Å². The maximum atomic E-state index is 12.3. The number of carbonyl (C=O) groups is 1. The molecule has 6 heteroatoms. The van der Waals surface area contributed by atoms with Crippen molar-refractivity contribution in [3.63, 3.8) is 0 Å². The van der Waals surface area contributed by atoms with Gasteiger partial charge in [-0.05, 0) is 42.3 Å². The molecule has 3 rings (SSSR count). The van der Waals surface area contributed by atoms with E-state index in [1.165, 1.54) is 0 Å². The number of fused-ring (bicyclic) bond motifs is 1. The van der Waals surface area contributed by atoms with Crippen molar-refractivity contribution < 1.29 is 14.6 Å². The minimum Gasteiger partial charge on any atom is -0.505 e. The molecular weight excluding hydrogens is 364 g/mol. The number of ether oxygens (including phenoxy) is 1. The highest BCUT2D eigenvalue weighted by Gasteiger charge is 2.23. The van der Waals surface area contributed by atoms with Crippen LogP contribution in [0.2, 0.25) is 5.02 Å². The van der Waals surface area contributed by atoms with Gasteiger partial charge in [-0.2, -0.15) is 0 Å². The van der Waals surface area contributed by atoms with Crippen molar-refractivity contribution >= 4 is 28.4 Å². The molecule has 3 aromatic rings. The molecule has 2 N–H and O–H groups in total. The van der Waals surface area contributed by atoms with Crippen LogP contribution in [0.25, 0.3) is 10.9 Å². The van der Waals surface area contributed by atoms with Crippen molar-refractivity contribution in [1.29, 1.82) is 0 Å². The lowest BCUT2D eigenvalue weighted by atomic mass is 9.96. The highest BCUT2D eigenvalue weighted by atomic mass is 35.5. The molecule has 0 fully saturated rings. The van der Waals surface area contributed by atoms with Gasteiger partial charge < -0.3 is 15.2 Å². The quantitative estimate of drug-likeness (QED) is 0.651. The Labute approximate surface area is 163 Å². The number of phenols is 1. The van der Waals surface area contributed by atoms with E-state index in [4.69, 9.17) is 16.3 Å². The molecule has 0 saturated carbocycles. The Morgan fingerprint density at radius 1 is 1.30 bits per heavy atom. The van der Waals surface area contributed by atoms with E-state index in [-0.39, 0.29) is 11.7 Å². The van der Waals surface area contributed by atoms with Gasteiger partial charge in [-0.15, -0.1) is 0 Å². The Morgan fingerprint density at radius 3 is 2.70 bits per heavy atom. The molecule has 0 aliphatic rings. The lowest BCUT2D eigenvalue weighted by Gasteiger charge is -2.22. The summed E-state index contributed by atoms with van der Waals surface area (Å²) >= 11 is 6.43. The summed E-state index contributed by atoms with van der Waals surface area (Å²) in [5, 5.41) is 15.0. The maximum Gasteiger partial charge on any atom is 0.220 e. The average Bonchev–Trinajstić information content (AvgIpc) is 2.69. The maximum absolute atomic E-state index is 12.3. The number of nitrogens with zero attached hydrogens (tertiary/aromatic N) is 1. The number of benzene rings is 2. The fourth-order valence-electron chi connectivity index (χ4n) is 3.02. The van der Waals surface area contributed by atoms with Gasteiger partial charge in [-0.25, -0.2) is 0 Å². The number of pyridine rings is 1. The molecule has 1 heterocycles. The Kier molecular flexibility index (Phi) is 5.81. The van der Waals surface area contributed by atoms with Gasteiger partial charge in [0.05, 0.1) is 18.2 Å². The first-order valence-electron chi connectivity index (χ1n) is 8.74. The topological polar surface area (TPSA) is 71.5 Å². The molecule has 5 nitrogen and oxygen atoms in total. The van der Waals surface area contributed by atoms with E-state index in [0.29, 0.717) is 33.7 Å². The number of carbonyl (C=O) groups excluding carboxylic acids is 1. The SMILES string of the molecule is CCCC(=O)NC(c1ccc(OC)cc1)c1cc(Cl)c2cccnc2c1O. The molecule has 1 aromatic heterocycles. The monoisotopic (exact) mass is 384 g/mol. The van der Waals surface area contributed by atoms with Crippen LogP contribution in [-0.2, 0) is 4.79 Å². The summed E-state index contributed by atoms with van der Waals surface area (Å²) in [6.07, 6.45) is 2.72. The summed E-state index contributed by atoms with van der Waals surface area (Å²) in [6.45, 7) is 1.94. The number of hydrogen-bond acceptors (Lipinski definition) is 4. The van der Waals surface area contributed by atoms with Crippen molar-refractivity contribution in [3.05, 3.63) is 64.8 Å². The zero-order valence-electron chi connectivity index (χ0n) is 15.2.